The molecule has 1 atom stereocenters. The van der Waals surface area contributed by atoms with Crippen molar-refractivity contribution in [3.63, 3.8) is 0 Å². The van der Waals surface area contributed by atoms with E-state index < -0.39 is 0 Å². The lowest BCUT2D eigenvalue weighted by Gasteiger charge is -2.19. The standard InChI is InChI=1S/C22H32N2O/c1-4-24(5-2)17-9-16-23-19(3)21-12-14-22(15-13-21)25-18-20-10-7-6-8-11-20/h6-8,10-15,19,23H,4-5,9,16-18H2,1-3H3. The molecule has 0 heterocycles. The Labute approximate surface area is 153 Å². The van der Waals surface area contributed by atoms with Crippen molar-refractivity contribution in [1.82, 2.24) is 10.2 Å². The molecule has 0 aliphatic rings. The minimum absolute atomic E-state index is 0.361. The van der Waals surface area contributed by atoms with Crippen molar-refractivity contribution >= 4 is 0 Å². The second kappa shape index (κ2) is 10.9. The second-order valence-electron chi connectivity index (χ2n) is 6.40. The van der Waals surface area contributed by atoms with E-state index in [0.717, 1.165) is 25.4 Å². The maximum atomic E-state index is 5.85. The molecule has 2 aromatic rings. The number of nitrogens with one attached hydrogen (secondary N) is 1. The third-order valence-electron chi connectivity index (χ3n) is 4.62. The molecule has 0 aromatic heterocycles. The Bertz CT molecular complexity index is 579. The lowest BCUT2D eigenvalue weighted by atomic mass is 10.1. The van der Waals surface area contributed by atoms with E-state index in [4.69, 9.17) is 4.74 Å². The van der Waals surface area contributed by atoms with Gasteiger partial charge in [-0.05, 0) is 62.8 Å². The molecule has 0 saturated carbocycles. The fraction of sp³-hybridized carbons (Fsp3) is 0.455. The molecule has 0 bridgehead atoms. The van der Waals surface area contributed by atoms with Crippen molar-refractivity contribution < 1.29 is 4.74 Å². The molecule has 1 N–H and O–H groups in total. The molecular formula is C22H32N2O. The van der Waals surface area contributed by atoms with Crippen LogP contribution >= 0.6 is 0 Å². The third-order valence-corrected chi connectivity index (χ3v) is 4.62. The van der Waals surface area contributed by atoms with E-state index in [1.165, 1.54) is 24.1 Å². The topological polar surface area (TPSA) is 24.5 Å². The quantitative estimate of drug-likeness (QED) is 0.603. The highest BCUT2D eigenvalue weighted by atomic mass is 16.5. The van der Waals surface area contributed by atoms with E-state index in [2.05, 4.69) is 67.4 Å². The van der Waals surface area contributed by atoms with Crippen LogP contribution < -0.4 is 10.1 Å². The van der Waals surface area contributed by atoms with Crippen LogP contribution in [-0.4, -0.2) is 31.1 Å². The molecular weight excluding hydrogens is 308 g/mol. The third kappa shape index (κ3) is 6.89. The number of ether oxygens (including phenoxy) is 1. The molecule has 0 radical (unpaired) electrons. The minimum atomic E-state index is 0.361. The maximum Gasteiger partial charge on any atom is 0.119 e. The predicted molar refractivity (Wildman–Crippen MR) is 106 cm³/mol. The molecule has 0 fully saturated rings. The van der Waals surface area contributed by atoms with Gasteiger partial charge in [0.1, 0.15) is 12.4 Å². The van der Waals surface area contributed by atoms with Crippen LogP contribution in [0.25, 0.3) is 0 Å². The SMILES string of the molecule is CCN(CC)CCCNC(C)c1ccc(OCc2ccccc2)cc1. The molecule has 2 aromatic carbocycles. The number of nitrogens with zero attached hydrogens (tertiary/aromatic N) is 1. The van der Waals surface area contributed by atoms with Gasteiger partial charge in [0.2, 0.25) is 0 Å². The number of rotatable bonds is 11. The van der Waals surface area contributed by atoms with Gasteiger partial charge in [-0.2, -0.15) is 0 Å². The summed E-state index contributed by atoms with van der Waals surface area (Å²) in [5.41, 5.74) is 2.49. The first-order chi connectivity index (χ1) is 12.2. The molecule has 25 heavy (non-hydrogen) atoms. The van der Waals surface area contributed by atoms with E-state index in [1.54, 1.807) is 0 Å². The van der Waals surface area contributed by atoms with Crippen molar-refractivity contribution in [2.45, 2.75) is 39.8 Å². The van der Waals surface area contributed by atoms with E-state index in [-0.39, 0.29) is 0 Å². The van der Waals surface area contributed by atoms with E-state index in [9.17, 15) is 0 Å². The summed E-state index contributed by atoms with van der Waals surface area (Å²) in [5.74, 6) is 0.918. The van der Waals surface area contributed by atoms with Crippen LogP contribution in [0.5, 0.6) is 5.75 Å². The average Bonchev–Trinajstić information content (AvgIpc) is 2.67. The molecule has 136 valence electrons. The Morgan fingerprint density at radius 3 is 2.28 bits per heavy atom. The Hall–Kier alpha value is -1.84. The molecule has 1 unspecified atom stereocenters. The van der Waals surface area contributed by atoms with Crippen LogP contribution in [0.3, 0.4) is 0 Å². The predicted octanol–water partition coefficient (Wildman–Crippen LogP) is 4.65. The van der Waals surface area contributed by atoms with Crippen LogP contribution in [-0.2, 0) is 6.61 Å². The molecule has 0 spiro atoms. The highest BCUT2D eigenvalue weighted by Gasteiger charge is 2.05. The van der Waals surface area contributed by atoms with Gasteiger partial charge >= 0.3 is 0 Å². The smallest absolute Gasteiger partial charge is 0.119 e. The van der Waals surface area contributed by atoms with Crippen LogP contribution in [0, 0.1) is 0 Å². The normalized spacial score (nSPS) is 12.3. The fourth-order valence-electron chi connectivity index (χ4n) is 2.87. The van der Waals surface area contributed by atoms with Crippen LogP contribution in [0.4, 0.5) is 0 Å². The van der Waals surface area contributed by atoms with Crippen molar-refractivity contribution in [3.8, 4) is 5.75 Å². The van der Waals surface area contributed by atoms with Crippen LogP contribution in [0.1, 0.15) is 44.4 Å². The van der Waals surface area contributed by atoms with E-state index in [1.807, 2.05) is 18.2 Å². The summed E-state index contributed by atoms with van der Waals surface area (Å²) in [6.45, 7) is 11.8. The summed E-state index contributed by atoms with van der Waals surface area (Å²) in [7, 11) is 0. The summed E-state index contributed by atoms with van der Waals surface area (Å²) < 4.78 is 5.85. The molecule has 0 aliphatic carbocycles. The lowest BCUT2D eigenvalue weighted by molar-refractivity contribution is 0.296. The zero-order valence-corrected chi connectivity index (χ0v) is 15.9. The molecule has 3 heteroatoms. The number of hydrogen-bond donors (Lipinski definition) is 1. The summed E-state index contributed by atoms with van der Waals surface area (Å²) in [5, 5.41) is 3.61. The van der Waals surface area contributed by atoms with Gasteiger partial charge in [-0.25, -0.2) is 0 Å². The summed E-state index contributed by atoms with van der Waals surface area (Å²) in [4.78, 5) is 2.46. The largest absolute Gasteiger partial charge is 0.489 e. The van der Waals surface area contributed by atoms with Gasteiger partial charge in [0, 0.05) is 6.04 Å². The first-order valence-electron chi connectivity index (χ1n) is 9.45. The molecule has 3 nitrogen and oxygen atoms in total. The highest BCUT2D eigenvalue weighted by molar-refractivity contribution is 5.29. The fourth-order valence-corrected chi connectivity index (χ4v) is 2.87. The molecule has 0 amide bonds. The first kappa shape index (κ1) is 19.5. The van der Waals surface area contributed by atoms with E-state index in [0.29, 0.717) is 12.6 Å². The van der Waals surface area contributed by atoms with Gasteiger partial charge in [0.05, 0.1) is 0 Å². The summed E-state index contributed by atoms with van der Waals surface area (Å²) >= 11 is 0. The van der Waals surface area contributed by atoms with Gasteiger partial charge < -0.3 is 15.0 Å². The van der Waals surface area contributed by atoms with Crippen molar-refractivity contribution in [2.24, 2.45) is 0 Å². The van der Waals surface area contributed by atoms with Crippen molar-refractivity contribution in [2.75, 3.05) is 26.2 Å². The molecule has 0 aliphatic heterocycles. The Morgan fingerprint density at radius 1 is 0.960 bits per heavy atom. The summed E-state index contributed by atoms with van der Waals surface area (Å²) in [6, 6.07) is 19.1. The Morgan fingerprint density at radius 2 is 1.64 bits per heavy atom. The number of benzene rings is 2. The monoisotopic (exact) mass is 340 g/mol. The van der Waals surface area contributed by atoms with Crippen molar-refractivity contribution in [3.05, 3.63) is 65.7 Å². The maximum absolute atomic E-state index is 5.85. The average molecular weight is 341 g/mol. The van der Waals surface area contributed by atoms with Gasteiger partial charge in [-0.15, -0.1) is 0 Å². The Balaban J connectivity index is 1.73. The minimum Gasteiger partial charge on any atom is -0.489 e. The van der Waals surface area contributed by atoms with Gasteiger partial charge in [0.15, 0.2) is 0 Å². The van der Waals surface area contributed by atoms with Gasteiger partial charge in [-0.3, -0.25) is 0 Å². The summed E-state index contributed by atoms with van der Waals surface area (Å²) in [6.07, 6.45) is 1.18. The van der Waals surface area contributed by atoms with Crippen LogP contribution in [0.15, 0.2) is 54.6 Å². The number of hydrogen-bond acceptors (Lipinski definition) is 3. The zero-order chi connectivity index (χ0) is 17.9. The lowest BCUT2D eigenvalue weighted by Crippen LogP contribution is -2.28. The van der Waals surface area contributed by atoms with Crippen molar-refractivity contribution in [1.29, 1.82) is 0 Å². The first-order valence-corrected chi connectivity index (χ1v) is 9.45. The second-order valence-corrected chi connectivity index (χ2v) is 6.40. The Kier molecular flexibility index (Phi) is 8.50. The molecule has 2 rings (SSSR count). The van der Waals surface area contributed by atoms with Gasteiger partial charge in [0.25, 0.3) is 0 Å². The van der Waals surface area contributed by atoms with Crippen LogP contribution in [0.2, 0.25) is 0 Å². The van der Waals surface area contributed by atoms with E-state index >= 15 is 0 Å². The van der Waals surface area contributed by atoms with Gasteiger partial charge in [-0.1, -0.05) is 56.3 Å². The highest BCUT2D eigenvalue weighted by Crippen LogP contribution is 2.18. The zero-order valence-electron chi connectivity index (χ0n) is 15.9. The molecule has 0 saturated heterocycles.